The quantitative estimate of drug-likeness (QED) is 0.655. The van der Waals surface area contributed by atoms with Gasteiger partial charge >= 0.3 is 0 Å². The van der Waals surface area contributed by atoms with Crippen molar-refractivity contribution in [1.82, 2.24) is 10.1 Å². The average molecular weight is 425 g/mol. The average Bonchev–Trinajstić information content (AvgIpc) is 3.16. The van der Waals surface area contributed by atoms with Crippen LogP contribution in [0.1, 0.15) is 22.9 Å². The number of amides is 1. The normalized spacial score (nSPS) is 15.8. The van der Waals surface area contributed by atoms with Crippen LogP contribution in [0.3, 0.4) is 0 Å². The van der Waals surface area contributed by atoms with E-state index in [2.05, 4.69) is 27.2 Å². The van der Waals surface area contributed by atoms with Crippen molar-refractivity contribution >= 4 is 29.0 Å². The second-order valence-corrected chi connectivity index (χ2v) is 8.02. The predicted molar refractivity (Wildman–Crippen MR) is 119 cm³/mol. The molecule has 156 valence electrons. The molecule has 1 unspecified atom stereocenters. The number of carbonyl (C=O) groups excluding carboxylic acids is 1. The molecular weight excluding hydrogens is 400 g/mol. The van der Waals surface area contributed by atoms with Gasteiger partial charge in [-0.3, -0.25) is 9.69 Å². The van der Waals surface area contributed by atoms with Crippen molar-refractivity contribution in [2.75, 3.05) is 36.4 Å². The molecule has 2 aromatic carbocycles. The number of halogens is 1. The van der Waals surface area contributed by atoms with E-state index in [0.717, 1.165) is 42.5 Å². The number of nitrogens with one attached hydrogen (secondary N) is 1. The lowest BCUT2D eigenvalue weighted by atomic mass is 10.0. The predicted octanol–water partition coefficient (Wildman–Crippen LogP) is 4.45. The number of aromatic nitrogens is 1. The van der Waals surface area contributed by atoms with Crippen LogP contribution in [0.2, 0.25) is 5.02 Å². The minimum Gasteiger partial charge on any atom is -0.369 e. The highest BCUT2D eigenvalue weighted by molar-refractivity contribution is 6.30. The molecule has 1 aromatic heterocycles. The molecule has 30 heavy (non-hydrogen) atoms. The molecule has 1 aliphatic rings. The molecule has 3 aromatic rings. The molecule has 1 aliphatic heterocycles. The van der Waals surface area contributed by atoms with Gasteiger partial charge in [0.05, 0.1) is 0 Å². The minimum absolute atomic E-state index is 0.109. The van der Waals surface area contributed by atoms with Crippen molar-refractivity contribution in [2.24, 2.45) is 0 Å². The van der Waals surface area contributed by atoms with Gasteiger partial charge in [-0.15, -0.1) is 0 Å². The van der Waals surface area contributed by atoms with Crippen molar-refractivity contribution in [1.29, 1.82) is 0 Å². The first-order chi connectivity index (χ1) is 14.5. The van der Waals surface area contributed by atoms with Crippen molar-refractivity contribution in [3.63, 3.8) is 0 Å². The van der Waals surface area contributed by atoms with E-state index in [1.54, 1.807) is 13.0 Å². The van der Waals surface area contributed by atoms with Crippen LogP contribution in [-0.2, 0) is 4.79 Å². The Kier molecular flexibility index (Phi) is 6.06. The SMILES string of the molecule is Cc1cc(NC(=O)C(c2ccccc2)N2CCN(c3cc(Cl)ccc3C)CC2)no1. The Morgan fingerprint density at radius 2 is 1.80 bits per heavy atom. The Morgan fingerprint density at radius 1 is 1.07 bits per heavy atom. The summed E-state index contributed by atoms with van der Waals surface area (Å²) in [4.78, 5) is 17.8. The topological polar surface area (TPSA) is 61.6 Å². The van der Waals surface area contributed by atoms with Gasteiger partial charge in [0.2, 0.25) is 5.91 Å². The lowest BCUT2D eigenvalue weighted by Crippen LogP contribution is -2.50. The van der Waals surface area contributed by atoms with Crippen molar-refractivity contribution in [3.8, 4) is 0 Å². The Balaban J connectivity index is 1.52. The maximum absolute atomic E-state index is 13.2. The van der Waals surface area contributed by atoms with Gasteiger partial charge in [-0.2, -0.15) is 0 Å². The monoisotopic (exact) mass is 424 g/mol. The van der Waals surface area contributed by atoms with E-state index in [4.69, 9.17) is 16.1 Å². The van der Waals surface area contributed by atoms with Gasteiger partial charge in [-0.05, 0) is 37.1 Å². The third-order valence-electron chi connectivity index (χ3n) is 5.43. The minimum atomic E-state index is -0.397. The number of piperazine rings is 1. The fourth-order valence-corrected chi connectivity index (χ4v) is 4.09. The molecule has 0 saturated carbocycles. The summed E-state index contributed by atoms with van der Waals surface area (Å²) in [5, 5.41) is 7.54. The zero-order valence-corrected chi connectivity index (χ0v) is 17.9. The van der Waals surface area contributed by atoms with Crippen LogP contribution < -0.4 is 10.2 Å². The number of aryl methyl sites for hydroxylation is 2. The fourth-order valence-electron chi connectivity index (χ4n) is 3.93. The number of nitrogens with zero attached hydrogens (tertiary/aromatic N) is 3. The summed E-state index contributed by atoms with van der Waals surface area (Å²) in [6, 6.07) is 17.2. The van der Waals surface area contributed by atoms with Crippen LogP contribution in [0.15, 0.2) is 59.1 Å². The summed E-state index contributed by atoms with van der Waals surface area (Å²) in [6.07, 6.45) is 0. The number of benzene rings is 2. The van der Waals surface area contributed by atoms with Gasteiger partial charge in [0, 0.05) is 43.0 Å². The molecule has 7 heteroatoms. The molecule has 1 N–H and O–H groups in total. The second-order valence-electron chi connectivity index (χ2n) is 7.58. The number of rotatable bonds is 5. The Labute approximate surface area is 181 Å². The first-order valence-corrected chi connectivity index (χ1v) is 10.4. The lowest BCUT2D eigenvalue weighted by Gasteiger charge is -2.40. The summed E-state index contributed by atoms with van der Waals surface area (Å²) in [6.45, 7) is 7.06. The Bertz CT molecular complexity index is 1010. The summed E-state index contributed by atoms with van der Waals surface area (Å²) < 4.78 is 5.08. The Hall–Kier alpha value is -2.83. The van der Waals surface area contributed by atoms with Crippen LogP contribution in [0.25, 0.3) is 0 Å². The maximum Gasteiger partial charge on any atom is 0.247 e. The van der Waals surface area contributed by atoms with Crippen molar-refractivity contribution in [3.05, 3.63) is 76.5 Å². The van der Waals surface area contributed by atoms with Crippen LogP contribution in [0, 0.1) is 13.8 Å². The summed E-state index contributed by atoms with van der Waals surface area (Å²) in [5.74, 6) is 0.987. The molecule has 0 spiro atoms. The highest BCUT2D eigenvalue weighted by atomic mass is 35.5. The van der Waals surface area contributed by atoms with E-state index in [0.29, 0.717) is 11.6 Å². The van der Waals surface area contributed by atoms with E-state index in [1.165, 1.54) is 5.56 Å². The highest BCUT2D eigenvalue weighted by Gasteiger charge is 2.31. The third kappa shape index (κ3) is 4.50. The molecule has 1 atom stereocenters. The van der Waals surface area contributed by atoms with Crippen molar-refractivity contribution < 1.29 is 9.32 Å². The van der Waals surface area contributed by atoms with Gasteiger partial charge in [-0.1, -0.05) is 53.2 Å². The zero-order chi connectivity index (χ0) is 21.1. The van der Waals surface area contributed by atoms with Gasteiger partial charge < -0.3 is 14.7 Å². The fraction of sp³-hybridized carbons (Fsp3) is 0.304. The molecule has 1 saturated heterocycles. The first kappa shape index (κ1) is 20.4. The van der Waals surface area contributed by atoms with E-state index in [9.17, 15) is 4.79 Å². The van der Waals surface area contributed by atoms with E-state index < -0.39 is 6.04 Å². The van der Waals surface area contributed by atoms with Gasteiger partial charge in [-0.25, -0.2) is 0 Å². The largest absolute Gasteiger partial charge is 0.369 e. The highest BCUT2D eigenvalue weighted by Crippen LogP contribution is 2.28. The third-order valence-corrected chi connectivity index (χ3v) is 5.67. The summed E-state index contributed by atoms with van der Waals surface area (Å²) in [5.41, 5.74) is 3.31. The molecule has 2 heterocycles. The first-order valence-electron chi connectivity index (χ1n) is 10.1. The van der Waals surface area contributed by atoms with E-state index in [1.807, 2.05) is 48.5 Å². The molecular formula is C23H25ClN4O2. The molecule has 1 amide bonds. The summed E-state index contributed by atoms with van der Waals surface area (Å²) in [7, 11) is 0. The van der Waals surface area contributed by atoms with Crippen LogP contribution in [0.5, 0.6) is 0 Å². The molecule has 1 fully saturated rings. The van der Waals surface area contributed by atoms with Crippen LogP contribution >= 0.6 is 11.6 Å². The molecule has 6 nitrogen and oxygen atoms in total. The van der Waals surface area contributed by atoms with Gasteiger partial charge in [0.15, 0.2) is 5.82 Å². The molecule has 0 radical (unpaired) electrons. The number of carbonyl (C=O) groups is 1. The van der Waals surface area contributed by atoms with Crippen molar-refractivity contribution in [2.45, 2.75) is 19.9 Å². The van der Waals surface area contributed by atoms with Gasteiger partial charge in [0.1, 0.15) is 11.8 Å². The van der Waals surface area contributed by atoms with Gasteiger partial charge in [0.25, 0.3) is 0 Å². The van der Waals surface area contributed by atoms with Crippen LogP contribution in [-0.4, -0.2) is 42.1 Å². The maximum atomic E-state index is 13.2. The lowest BCUT2D eigenvalue weighted by molar-refractivity contribution is -0.121. The Morgan fingerprint density at radius 3 is 2.47 bits per heavy atom. The number of hydrogen-bond donors (Lipinski definition) is 1. The standard InChI is InChI=1S/C23H25ClN4O2/c1-16-8-9-19(24)15-20(16)27-10-12-28(13-11-27)22(18-6-4-3-5-7-18)23(29)25-21-14-17(2)30-26-21/h3-9,14-15,22H,10-13H2,1-2H3,(H,25,26,29). The molecule has 0 bridgehead atoms. The second kappa shape index (κ2) is 8.90. The smallest absolute Gasteiger partial charge is 0.247 e. The van der Waals surface area contributed by atoms with Crippen LogP contribution in [0.4, 0.5) is 11.5 Å². The van der Waals surface area contributed by atoms with E-state index in [-0.39, 0.29) is 5.91 Å². The molecule has 4 rings (SSSR count). The van der Waals surface area contributed by atoms with E-state index >= 15 is 0 Å². The number of anilines is 2. The summed E-state index contributed by atoms with van der Waals surface area (Å²) >= 11 is 6.21. The zero-order valence-electron chi connectivity index (χ0n) is 17.1. The molecule has 0 aliphatic carbocycles. The number of hydrogen-bond acceptors (Lipinski definition) is 5.